The third-order valence-corrected chi connectivity index (χ3v) is 1.03. The summed E-state index contributed by atoms with van der Waals surface area (Å²) < 4.78 is 4.00. The van der Waals surface area contributed by atoms with Gasteiger partial charge in [-0.15, -0.1) is 4.63 Å². The molecule has 0 spiro atoms. The van der Waals surface area contributed by atoms with E-state index in [1.54, 1.807) is 0 Å². The Kier molecular flexibility index (Phi) is 1.99. The first-order chi connectivity index (χ1) is 5.61. The topological polar surface area (TPSA) is 119 Å². The number of hydrogen-bond acceptors (Lipinski definition) is 6. The molecule has 8 heteroatoms. The summed E-state index contributed by atoms with van der Waals surface area (Å²) in [6.07, 6.45) is -0.570. The van der Waals surface area contributed by atoms with E-state index >= 15 is 0 Å². The predicted molar refractivity (Wildman–Crippen MR) is 32.3 cm³/mol. The monoisotopic (exact) mass is 173 g/mol. The third-order valence-electron chi connectivity index (χ3n) is 1.03. The van der Waals surface area contributed by atoms with Crippen molar-refractivity contribution < 1.29 is 19.5 Å². The van der Waals surface area contributed by atoms with E-state index in [9.17, 15) is 14.9 Å². The highest BCUT2D eigenvalue weighted by Gasteiger charge is 2.23. The highest BCUT2D eigenvalue weighted by Crippen LogP contribution is 2.12. The Balaban J connectivity index is 2.91. The fourth-order valence-electron chi connectivity index (χ4n) is 0.595. The van der Waals surface area contributed by atoms with E-state index in [0.717, 1.165) is 0 Å². The molecule has 0 bridgehead atoms. The van der Waals surface area contributed by atoms with Gasteiger partial charge in [-0.25, -0.2) is 0 Å². The maximum atomic E-state index is 10.1. The molecule has 1 rings (SSSR count). The first-order valence-corrected chi connectivity index (χ1v) is 2.79. The number of nitrogens with zero attached hydrogens (tertiary/aromatic N) is 3. The summed E-state index contributed by atoms with van der Waals surface area (Å²) in [5.41, 5.74) is -0.285. The maximum Gasteiger partial charge on any atom is 0.438 e. The highest BCUT2D eigenvalue weighted by molar-refractivity contribution is 5.70. The van der Waals surface area contributed by atoms with Gasteiger partial charge < -0.3 is 15.2 Å². The molecule has 0 aliphatic rings. The molecule has 0 fully saturated rings. The van der Waals surface area contributed by atoms with Gasteiger partial charge in [-0.1, -0.05) is 0 Å². The van der Waals surface area contributed by atoms with Crippen molar-refractivity contribution in [1.82, 2.24) is 10.3 Å². The van der Waals surface area contributed by atoms with Crippen molar-refractivity contribution in [2.24, 2.45) is 0 Å². The van der Waals surface area contributed by atoms with Gasteiger partial charge in [0.1, 0.15) is 6.42 Å². The molecule has 12 heavy (non-hydrogen) atoms. The normalized spacial score (nSPS) is 9.67. The summed E-state index contributed by atoms with van der Waals surface area (Å²) in [6.45, 7) is 0. The molecule has 0 saturated heterocycles. The Bertz CT molecular complexity index is 318. The molecule has 0 radical (unpaired) electrons. The lowest BCUT2D eigenvalue weighted by Gasteiger charge is -1.87. The van der Waals surface area contributed by atoms with Gasteiger partial charge in [-0.3, -0.25) is 4.79 Å². The molecular formula is C4H3N3O5. The largest absolute Gasteiger partial charge is 0.481 e. The van der Waals surface area contributed by atoms with Crippen molar-refractivity contribution >= 4 is 11.8 Å². The van der Waals surface area contributed by atoms with Crippen LogP contribution in [0.1, 0.15) is 5.69 Å². The number of rotatable bonds is 3. The maximum absolute atomic E-state index is 10.1. The Morgan fingerprint density at radius 2 is 2.33 bits per heavy atom. The highest BCUT2D eigenvalue weighted by atomic mass is 16.6. The number of nitro groups is 1. The second-order valence-corrected chi connectivity index (χ2v) is 1.86. The predicted octanol–water partition coefficient (Wildman–Crippen LogP) is -0.395. The van der Waals surface area contributed by atoms with Crippen molar-refractivity contribution in [3.63, 3.8) is 0 Å². The average molecular weight is 173 g/mol. The van der Waals surface area contributed by atoms with Crippen LogP contribution in [0.3, 0.4) is 0 Å². The SMILES string of the molecule is O=C(O)Cc1nonc1[N+](=O)[O-]. The summed E-state index contributed by atoms with van der Waals surface area (Å²) >= 11 is 0. The minimum atomic E-state index is -1.23. The minimum Gasteiger partial charge on any atom is -0.481 e. The quantitative estimate of drug-likeness (QED) is 0.487. The molecule has 0 unspecified atom stereocenters. The van der Waals surface area contributed by atoms with E-state index in [1.165, 1.54) is 0 Å². The summed E-state index contributed by atoms with van der Waals surface area (Å²) in [6, 6.07) is 0. The smallest absolute Gasteiger partial charge is 0.438 e. The van der Waals surface area contributed by atoms with Crippen LogP contribution in [0.15, 0.2) is 4.63 Å². The molecule has 0 aromatic carbocycles. The lowest BCUT2D eigenvalue weighted by Crippen LogP contribution is -2.03. The zero-order valence-electron chi connectivity index (χ0n) is 5.63. The number of aliphatic carboxylic acids is 1. The lowest BCUT2D eigenvalue weighted by atomic mass is 10.3. The van der Waals surface area contributed by atoms with Crippen LogP contribution < -0.4 is 0 Å². The first kappa shape index (κ1) is 8.11. The van der Waals surface area contributed by atoms with Gasteiger partial charge in [-0.2, -0.15) is 0 Å². The van der Waals surface area contributed by atoms with Gasteiger partial charge in [0.05, 0.1) is 0 Å². The zero-order valence-corrected chi connectivity index (χ0v) is 5.63. The van der Waals surface area contributed by atoms with Crippen molar-refractivity contribution in [2.45, 2.75) is 6.42 Å². The number of carbonyl (C=O) groups is 1. The van der Waals surface area contributed by atoms with Crippen LogP contribution in [0.25, 0.3) is 0 Å². The molecule has 64 valence electrons. The number of hydrogen-bond donors (Lipinski definition) is 1. The van der Waals surface area contributed by atoms with Gasteiger partial charge in [0.25, 0.3) is 0 Å². The van der Waals surface area contributed by atoms with E-state index in [2.05, 4.69) is 14.9 Å². The summed E-state index contributed by atoms with van der Waals surface area (Å²) in [5.74, 6) is -1.88. The van der Waals surface area contributed by atoms with E-state index in [0.29, 0.717) is 0 Å². The Morgan fingerprint density at radius 1 is 1.67 bits per heavy atom. The van der Waals surface area contributed by atoms with Crippen molar-refractivity contribution in [3.05, 3.63) is 15.8 Å². The molecule has 1 N–H and O–H groups in total. The van der Waals surface area contributed by atoms with E-state index in [1.807, 2.05) is 0 Å². The van der Waals surface area contributed by atoms with E-state index in [4.69, 9.17) is 5.11 Å². The van der Waals surface area contributed by atoms with Crippen molar-refractivity contribution in [3.8, 4) is 0 Å². The van der Waals surface area contributed by atoms with Gasteiger partial charge in [0.15, 0.2) is 10.9 Å². The van der Waals surface area contributed by atoms with Crippen LogP contribution in [-0.4, -0.2) is 26.3 Å². The molecule has 0 atom stereocenters. The van der Waals surface area contributed by atoms with Gasteiger partial charge in [0, 0.05) is 0 Å². The van der Waals surface area contributed by atoms with Crippen molar-refractivity contribution in [2.75, 3.05) is 0 Å². The van der Waals surface area contributed by atoms with Crippen LogP contribution >= 0.6 is 0 Å². The summed E-state index contributed by atoms with van der Waals surface area (Å²) in [5, 5.41) is 24.4. The number of carboxylic acid groups (broad SMARTS) is 1. The van der Waals surface area contributed by atoms with E-state index in [-0.39, 0.29) is 5.69 Å². The van der Waals surface area contributed by atoms with Crippen LogP contribution in [0.5, 0.6) is 0 Å². The molecule has 8 nitrogen and oxygen atoms in total. The molecule has 0 aliphatic carbocycles. The molecule has 0 aliphatic heterocycles. The van der Waals surface area contributed by atoms with Crippen LogP contribution in [0.2, 0.25) is 0 Å². The lowest BCUT2D eigenvalue weighted by molar-refractivity contribution is -0.391. The molecular weight excluding hydrogens is 170 g/mol. The third kappa shape index (κ3) is 1.54. The fraction of sp³-hybridized carbons (Fsp3) is 0.250. The molecule has 1 aromatic rings. The number of aromatic nitrogens is 2. The minimum absolute atomic E-state index is 0.285. The van der Waals surface area contributed by atoms with Gasteiger partial charge in [0.2, 0.25) is 0 Å². The van der Waals surface area contributed by atoms with Crippen LogP contribution in [0, 0.1) is 10.1 Å². The van der Waals surface area contributed by atoms with E-state index < -0.39 is 23.1 Å². The molecule has 1 heterocycles. The average Bonchev–Trinajstić information content (AvgIpc) is 2.33. The summed E-state index contributed by atoms with van der Waals surface area (Å²) in [4.78, 5) is 19.4. The molecule has 0 saturated carbocycles. The first-order valence-electron chi connectivity index (χ1n) is 2.79. The van der Waals surface area contributed by atoms with Crippen LogP contribution in [0.4, 0.5) is 5.82 Å². The van der Waals surface area contributed by atoms with Crippen molar-refractivity contribution in [1.29, 1.82) is 0 Å². The Hall–Kier alpha value is -1.99. The fourth-order valence-corrected chi connectivity index (χ4v) is 0.595. The Labute approximate surface area is 64.9 Å². The second kappa shape index (κ2) is 2.95. The van der Waals surface area contributed by atoms with Crippen LogP contribution in [-0.2, 0) is 11.2 Å². The van der Waals surface area contributed by atoms with Gasteiger partial charge >= 0.3 is 11.8 Å². The summed E-state index contributed by atoms with van der Waals surface area (Å²) in [7, 11) is 0. The number of carboxylic acids is 1. The molecule has 0 amide bonds. The second-order valence-electron chi connectivity index (χ2n) is 1.86. The van der Waals surface area contributed by atoms with Gasteiger partial charge in [-0.05, 0) is 10.1 Å². The molecule has 1 aromatic heterocycles. The Morgan fingerprint density at radius 3 is 2.83 bits per heavy atom. The zero-order chi connectivity index (χ0) is 9.14. The standard InChI is InChI=1S/C4H3N3O5/c8-3(9)1-2-4(7(10)11)6-12-5-2/h1H2,(H,8,9).